The summed E-state index contributed by atoms with van der Waals surface area (Å²) < 4.78 is 0. The number of aliphatic hydroxyl groups excluding tert-OH is 1. The van der Waals surface area contributed by atoms with Crippen LogP contribution in [0.3, 0.4) is 0 Å². The Morgan fingerprint density at radius 3 is 2.03 bits per heavy atom. The first kappa shape index (κ1) is 24.0. The van der Waals surface area contributed by atoms with Gasteiger partial charge >= 0.3 is 0 Å². The van der Waals surface area contributed by atoms with Crippen molar-refractivity contribution in [3.05, 3.63) is 0 Å². The van der Waals surface area contributed by atoms with Crippen molar-refractivity contribution in [1.29, 1.82) is 0 Å². The maximum absolute atomic E-state index is 13.5. The van der Waals surface area contributed by atoms with E-state index in [4.69, 9.17) is 0 Å². The normalized spacial score (nSPS) is 58.7. The molecule has 0 heterocycles. The van der Waals surface area contributed by atoms with Crippen LogP contribution in [-0.4, -0.2) is 23.3 Å². The molecule has 0 amide bonds. The Bertz CT molecular complexity index is 880. The van der Waals surface area contributed by atoms with E-state index in [0.717, 1.165) is 32.1 Å². The molecule has 0 saturated heterocycles. The van der Waals surface area contributed by atoms with Crippen LogP contribution >= 0.6 is 0 Å². The van der Waals surface area contributed by atoms with Crippen molar-refractivity contribution in [1.82, 2.24) is 0 Å². The molecule has 0 aromatic heterocycles. The first-order valence-electron chi connectivity index (χ1n) is 13.9. The second-order valence-corrected chi connectivity index (χ2v) is 15.1. The molecule has 5 aliphatic rings. The van der Waals surface area contributed by atoms with Gasteiger partial charge in [-0.1, -0.05) is 48.5 Å². The average molecular weight is 457 g/mol. The summed E-state index contributed by atoms with van der Waals surface area (Å²) in [6, 6.07) is 0. The minimum Gasteiger partial charge on any atom is -0.396 e. The molecular formula is C30H48O3. The molecule has 1 N–H and O–H groups in total. The van der Waals surface area contributed by atoms with Crippen LogP contribution in [0.5, 0.6) is 0 Å². The number of ketones is 2. The number of fused-ring (bicyclic) bond motifs is 7. The minimum atomic E-state index is -0.175. The maximum atomic E-state index is 13.5. The summed E-state index contributed by atoms with van der Waals surface area (Å²) in [5.74, 6) is 1.61. The SMILES string of the molecule is C[C@H]1C(=O)CC(=O)[C@@H]2[C@]1(C)CC[C@H]1[C@@]2(C)CC[C@@]2(C)[C@@H]3C[C@@](C)(CO)CC[C@]3(C)CC[C@]12C. The van der Waals surface area contributed by atoms with Crippen molar-refractivity contribution in [3.8, 4) is 0 Å². The molecule has 3 nitrogen and oxygen atoms in total. The fraction of sp³-hybridized carbons (Fsp3) is 0.933. The van der Waals surface area contributed by atoms with Crippen molar-refractivity contribution < 1.29 is 14.7 Å². The van der Waals surface area contributed by atoms with Gasteiger partial charge < -0.3 is 5.11 Å². The number of rotatable bonds is 1. The smallest absolute Gasteiger partial charge is 0.144 e. The zero-order valence-electron chi connectivity index (χ0n) is 22.4. The molecule has 10 atom stereocenters. The van der Waals surface area contributed by atoms with E-state index in [9.17, 15) is 14.7 Å². The summed E-state index contributed by atoms with van der Waals surface area (Å²) in [7, 11) is 0. The number of carbonyl (C=O) groups excluding carboxylic acids is 2. The second-order valence-electron chi connectivity index (χ2n) is 15.1. The lowest BCUT2D eigenvalue weighted by molar-refractivity contribution is -0.253. The highest BCUT2D eigenvalue weighted by Crippen LogP contribution is 2.78. The van der Waals surface area contributed by atoms with E-state index in [2.05, 4.69) is 48.5 Å². The summed E-state index contributed by atoms with van der Waals surface area (Å²) >= 11 is 0. The van der Waals surface area contributed by atoms with Gasteiger partial charge in [0.2, 0.25) is 0 Å². The Balaban J connectivity index is 1.57. The Morgan fingerprint density at radius 1 is 0.758 bits per heavy atom. The Kier molecular flexibility index (Phi) is 5.06. The lowest BCUT2D eigenvalue weighted by Crippen LogP contribution is -2.69. The van der Waals surface area contributed by atoms with E-state index < -0.39 is 0 Å². The Morgan fingerprint density at radius 2 is 1.36 bits per heavy atom. The highest BCUT2D eigenvalue weighted by Gasteiger charge is 2.72. The van der Waals surface area contributed by atoms with Gasteiger partial charge in [0.25, 0.3) is 0 Å². The van der Waals surface area contributed by atoms with Gasteiger partial charge in [0.15, 0.2) is 0 Å². The topological polar surface area (TPSA) is 54.4 Å². The van der Waals surface area contributed by atoms with Crippen LogP contribution in [0.2, 0.25) is 0 Å². The zero-order valence-corrected chi connectivity index (χ0v) is 22.4. The molecule has 0 bridgehead atoms. The predicted octanol–water partition coefficient (Wildman–Crippen LogP) is 6.61. The van der Waals surface area contributed by atoms with Gasteiger partial charge in [0.1, 0.15) is 11.6 Å². The number of Topliss-reactive ketones (excluding diaryl/α,β-unsaturated/α-hetero) is 2. The lowest BCUT2D eigenvalue weighted by atomic mass is 9.30. The van der Waals surface area contributed by atoms with Crippen LogP contribution in [0, 0.1) is 56.2 Å². The third-order valence-corrected chi connectivity index (χ3v) is 13.7. The van der Waals surface area contributed by atoms with Crippen LogP contribution in [0.1, 0.15) is 113 Å². The first-order chi connectivity index (χ1) is 15.2. The van der Waals surface area contributed by atoms with Gasteiger partial charge in [0.05, 0.1) is 6.42 Å². The van der Waals surface area contributed by atoms with E-state index in [0.29, 0.717) is 23.9 Å². The standard InChI is InChI=1S/C30H48O3/c1-19-20(32)16-21(33)24-27(19,4)9-8-22-28(24,5)13-15-30(7)23-17-25(2,18-31)10-11-26(23,3)12-14-29(22,30)6/h19,22-24,31H,8-18H2,1-7H3/t19-,22-,23+,24+,25-,26+,27+,28+,29+,30-/m0/s1. The first-order valence-corrected chi connectivity index (χ1v) is 13.9. The van der Waals surface area contributed by atoms with Crippen LogP contribution in [0.4, 0.5) is 0 Å². The highest BCUT2D eigenvalue weighted by atomic mass is 16.3. The fourth-order valence-electron chi connectivity index (χ4n) is 11.1. The molecule has 5 saturated carbocycles. The molecular weight excluding hydrogens is 408 g/mol. The van der Waals surface area contributed by atoms with E-state index in [-0.39, 0.29) is 56.9 Å². The minimum absolute atomic E-state index is 0.00246. The molecule has 5 rings (SSSR count). The molecule has 5 aliphatic carbocycles. The summed E-state index contributed by atoms with van der Waals surface area (Å²) in [6.45, 7) is 17.1. The van der Waals surface area contributed by atoms with Gasteiger partial charge in [-0.05, 0) is 102 Å². The van der Waals surface area contributed by atoms with Crippen molar-refractivity contribution >= 4 is 11.6 Å². The van der Waals surface area contributed by atoms with E-state index in [1.807, 2.05) is 0 Å². The van der Waals surface area contributed by atoms with Crippen LogP contribution < -0.4 is 0 Å². The third kappa shape index (κ3) is 2.84. The van der Waals surface area contributed by atoms with E-state index in [1.54, 1.807) is 0 Å². The highest BCUT2D eigenvalue weighted by molar-refractivity contribution is 6.04. The quantitative estimate of drug-likeness (QED) is 0.452. The lowest BCUT2D eigenvalue weighted by Gasteiger charge is -2.74. The Labute approximate surface area is 201 Å². The summed E-state index contributed by atoms with van der Waals surface area (Å²) in [5, 5.41) is 10.3. The summed E-state index contributed by atoms with van der Waals surface area (Å²) in [5.41, 5.74) is 0.702. The summed E-state index contributed by atoms with van der Waals surface area (Å²) in [4.78, 5) is 26.3. The van der Waals surface area contributed by atoms with Gasteiger partial charge in [-0.2, -0.15) is 0 Å². The number of carbonyl (C=O) groups is 2. The molecule has 0 aromatic carbocycles. The molecule has 3 heteroatoms. The molecule has 0 unspecified atom stereocenters. The third-order valence-electron chi connectivity index (χ3n) is 13.7. The predicted molar refractivity (Wildman–Crippen MR) is 132 cm³/mol. The van der Waals surface area contributed by atoms with Gasteiger partial charge in [-0.3, -0.25) is 9.59 Å². The maximum Gasteiger partial charge on any atom is 0.144 e. The van der Waals surface area contributed by atoms with Gasteiger partial charge in [-0.15, -0.1) is 0 Å². The Hall–Kier alpha value is -0.700. The number of hydrogen-bond donors (Lipinski definition) is 1. The molecule has 5 fully saturated rings. The molecule has 0 aliphatic heterocycles. The largest absolute Gasteiger partial charge is 0.396 e. The van der Waals surface area contributed by atoms with Crippen molar-refractivity contribution in [2.45, 2.75) is 113 Å². The molecule has 186 valence electrons. The number of hydrogen-bond acceptors (Lipinski definition) is 3. The molecule has 0 aromatic rings. The average Bonchev–Trinajstić information content (AvgIpc) is 2.75. The summed E-state index contributed by atoms with van der Waals surface area (Å²) in [6.07, 6.45) is 10.7. The van der Waals surface area contributed by atoms with Crippen LogP contribution in [0.15, 0.2) is 0 Å². The van der Waals surface area contributed by atoms with Gasteiger partial charge in [0, 0.05) is 18.4 Å². The second kappa shape index (κ2) is 6.95. The zero-order chi connectivity index (χ0) is 24.2. The van der Waals surface area contributed by atoms with Crippen molar-refractivity contribution in [2.75, 3.05) is 6.61 Å². The van der Waals surface area contributed by atoms with Crippen molar-refractivity contribution in [2.24, 2.45) is 56.2 Å². The molecule has 33 heavy (non-hydrogen) atoms. The fourth-order valence-corrected chi connectivity index (χ4v) is 11.1. The van der Waals surface area contributed by atoms with Crippen LogP contribution in [0.25, 0.3) is 0 Å². The van der Waals surface area contributed by atoms with Crippen molar-refractivity contribution in [3.63, 3.8) is 0 Å². The van der Waals surface area contributed by atoms with E-state index in [1.165, 1.54) is 25.7 Å². The van der Waals surface area contributed by atoms with Gasteiger partial charge in [-0.25, -0.2) is 0 Å². The monoisotopic (exact) mass is 456 g/mol. The molecule has 0 spiro atoms. The van der Waals surface area contributed by atoms with Crippen LogP contribution in [-0.2, 0) is 9.59 Å². The molecule has 0 radical (unpaired) electrons. The van der Waals surface area contributed by atoms with E-state index >= 15 is 0 Å². The number of aliphatic hydroxyl groups is 1.